The van der Waals surface area contributed by atoms with Crippen LogP contribution in [0.15, 0.2) is 24.3 Å². The van der Waals surface area contributed by atoms with Crippen LogP contribution in [-0.2, 0) is 15.7 Å². The third-order valence-corrected chi connectivity index (χ3v) is 3.73. The van der Waals surface area contributed by atoms with Crippen molar-refractivity contribution in [2.75, 3.05) is 19.7 Å². The molecule has 0 saturated carbocycles. The highest BCUT2D eigenvalue weighted by atomic mass is 35.5. The molecule has 1 amide bonds. The molecule has 1 aliphatic rings. The van der Waals surface area contributed by atoms with Crippen LogP contribution in [0.5, 0.6) is 0 Å². The van der Waals surface area contributed by atoms with Gasteiger partial charge in [0, 0.05) is 13.1 Å². The minimum Gasteiger partial charge on any atom is -0.366 e. The van der Waals surface area contributed by atoms with Crippen molar-refractivity contribution in [3.63, 3.8) is 0 Å². The molecule has 0 aromatic heterocycles. The Morgan fingerprint density at radius 1 is 1.46 bits per heavy atom. The minimum atomic E-state index is -4.40. The maximum absolute atomic E-state index is 12.9. The standard InChI is InChI=1S/C16H21F3N2O2.ClH/c1-2-4-13(21-15(22)14-10-20-7-8-23-14)11-5-3-6-12(9-11)16(17,18)19;/h3,5-6,9,13-14,20H,2,4,7-8,10H2,1H3,(H,21,22);1H. The first-order valence-electron chi connectivity index (χ1n) is 7.71. The summed E-state index contributed by atoms with van der Waals surface area (Å²) in [6.07, 6.45) is -3.69. The Hall–Kier alpha value is -1.31. The lowest BCUT2D eigenvalue weighted by Gasteiger charge is -2.26. The number of morpholine rings is 1. The molecular weight excluding hydrogens is 345 g/mol. The number of alkyl halides is 3. The summed E-state index contributed by atoms with van der Waals surface area (Å²) < 4.78 is 43.9. The molecule has 2 atom stereocenters. The highest BCUT2D eigenvalue weighted by Gasteiger charge is 2.31. The average molecular weight is 367 g/mol. The molecule has 2 N–H and O–H groups in total. The van der Waals surface area contributed by atoms with E-state index in [9.17, 15) is 18.0 Å². The summed E-state index contributed by atoms with van der Waals surface area (Å²) in [5.74, 6) is -0.298. The Labute approximate surface area is 145 Å². The van der Waals surface area contributed by atoms with Gasteiger partial charge in [0.05, 0.1) is 18.2 Å². The third-order valence-electron chi connectivity index (χ3n) is 3.73. The SMILES string of the molecule is CCCC(NC(=O)C1CNCCO1)c1cccc(C(F)(F)F)c1.Cl. The van der Waals surface area contributed by atoms with Crippen LogP contribution in [0.25, 0.3) is 0 Å². The van der Waals surface area contributed by atoms with Crippen molar-refractivity contribution >= 4 is 18.3 Å². The molecule has 4 nitrogen and oxygen atoms in total. The lowest BCUT2D eigenvalue weighted by atomic mass is 9.99. The largest absolute Gasteiger partial charge is 0.416 e. The van der Waals surface area contributed by atoms with Gasteiger partial charge < -0.3 is 15.4 Å². The molecule has 1 aliphatic heterocycles. The first-order chi connectivity index (χ1) is 10.9. The summed E-state index contributed by atoms with van der Waals surface area (Å²) in [5.41, 5.74) is -0.250. The van der Waals surface area contributed by atoms with Gasteiger partial charge in [-0.1, -0.05) is 25.5 Å². The maximum atomic E-state index is 12.9. The van der Waals surface area contributed by atoms with E-state index in [1.165, 1.54) is 6.07 Å². The van der Waals surface area contributed by atoms with E-state index in [1.54, 1.807) is 6.07 Å². The first-order valence-corrected chi connectivity index (χ1v) is 7.71. The van der Waals surface area contributed by atoms with E-state index >= 15 is 0 Å². The van der Waals surface area contributed by atoms with Crippen molar-refractivity contribution in [2.24, 2.45) is 0 Å². The number of carbonyl (C=O) groups excluding carboxylic acids is 1. The topological polar surface area (TPSA) is 50.4 Å². The van der Waals surface area contributed by atoms with Gasteiger partial charge in [-0.05, 0) is 24.1 Å². The van der Waals surface area contributed by atoms with Gasteiger partial charge in [0.2, 0.25) is 0 Å². The zero-order valence-electron chi connectivity index (χ0n) is 13.4. The summed E-state index contributed by atoms with van der Waals surface area (Å²) in [6.45, 7) is 3.47. The molecule has 136 valence electrons. The number of rotatable bonds is 5. The van der Waals surface area contributed by atoms with E-state index in [0.29, 0.717) is 31.7 Å². The fourth-order valence-electron chi connectivity index (χ4n) is 2.54. The second-order valence-corrected chi connectivity index (χ2v) is 5.54. The van der Waals surface area contributed by atoms with Gasteiger partial charge in [0.15, 0.2) is 0 Å². The van der Waals surface area contributed by atoms with Crippen molar-refractivity contribution in [1.29, 1.82) is 0 Å². The van der Waals surface area contributed by atoms with Crippen molar-refractivity contribution in [1.82, 2.24) is 10.6 Å². The number of benzene rings is 1. The summed E-state index contributed by atoms with van der Waals surface area (Å²) in [5, 5.41) is 5.87. The summed E-state index contributed by atoms with van der Waals surface area (Å²) in [7, 11) is 0. The Balaban J connectivity index is 0.00000288. The molecule has 1 aromatic rings. The van der Waals surface area contributed by atoms with Crippen molar-refractivity contribution < 1.29 is 22.7 Å². The van der Waals surface area contributed by atoms with Crippen LogP contribution in [0.2, 0.25) is 0 Å². The number of hydrogen-bond acceptors (Lipinski definition) is 3. The Morgan fingerprint density at radius 3 is 2.79 bits per heavy atom. The highest BCUT2D eigenvalue weighted by Crippen LogP contribution is 2.31. The Morgan fingerprint density at radius 2 is 2.21 bits per heavy atom. The number of nitrogens with one attached hydrogen (secondary N) is 2. The van der Waals surface area contributed by atoms with E-state index in [2.05, 4.69) is 10.6 Å². The fraction of sp³-hybridized carbons (Fsp3) is 0.562. The van der Waals surface area contributed by atoms with E-state index in [-0.39, 0.29) is 18.3 Å². The van der Waals surface area contributed by atoms with Gasteiger partial charge in [-0.2, -0.15) is 13.2 Å². The molecule has 1 heterocycles. The van der Waals surface area contributed by atoms with Gasteiger partial charge in [-0.15, -0.1) is 12.4 Å². The van der Waals surface area contributed by atoms with Crippen LogP contribution in [-0.4, -0.2) is 31.7 Å². The molecule has 0 bridgehead atoms. The molecule has 0 aliphatic carbocycles. The normalized spacial score (nSPS) is 19.2. The second kappa shape index (κ2) is 9.25. The molecule has 2 rings (SSSR count). The average Bonchev–Trinajstić information content (AvgIpc) is 2.54. The molecule has 8 heteroatoms. The van der Waals surface area contributed by atoms with Gasteiger partial charge in [0.1, 0.15) is 6.10 Å². The lowest BCUT2D eigenvalue weighted by Crippen LogP contribution is -2.48. The van der Waals surface area contributed by atoms with Gasteiger partial charge in [0.25, 0.3) is 5.91 Å². The zero-order valence-corrected chi connectivity index (χ0v) is 14.2. The molecule has 1 fully saturated rings. The van der Waals surface area contributed by atoms with Crippen LogP contribution >= 0.6 is 12.4 Å². The number of hydrogen-bond donors (Lipinski definition) is 2. The first kappa shape index (κ1) is 20.7. The molecule has 1 saturated heterocycles. The summed E-state index contributed by atoms with van der Waals surface area (Å²) >= 11 is 0. The van der Waals surface area contributed by atoms with E-state index in [1.807, 2.05) is 6.92 Å². The number of carbonyl (C=O) groups is 1. The van der Waals surface area contributed by atoms with E-state index in [0.717, 1.165) is 18.6 Å². The number of amides is 1. The maximum Gasteiger partial charge on any atom is 0.416 e. The summed E-state index contributed by atoms with van der Waals surface area (Å²) in [6, 6.07) is 4.64. The smallest absolute Gasteiger partial charge is 0.366 e. The van der Waals surface area contributed by atoms with Crippen LogP contribution in [0, 0.1) is 0 Å². The lowest BCUT2D eigenvalue weighted by molar-refractivity contribution is -0.137. The summed E-state index contributed by atoms with van der Waals surface area (Å²) in [4.78, 5) is 12.2. The number of halogens is 4. The van der Waals surface area contributed by atoms with Crippen LogP contribution < -0.4 is 10.6 Å². The quantitative estimate of drug-likeness (QED) is 0.842. The van der Waals surface area contributed by atoms with Gasteiger partial charge in [-0.3, -0.25) is 4.79 Å². The fourth-order valence-corrected chi connectivity index (χ4v) is 2.54. The highest BCUT2D eigenvalue weighted by molar-refractivity contribution is 5.85. The number of ether oxygens (including phenoxy) is 1. The molecule has 1 aromatic carbocycles. The zero-order chi connectivity index (χ0) is 16.9. The molecule has 0 radical (unpaired) electrons. The Bertz CT molecular complexity index is 534. The van der Waals surface area contributed by atoms with Gasteiger partial charge in [-0.25, -0.2) is 0 Å². The van der Waals surface area contributed by atoms with Gasteiger partial charge >= 0.3 is 6.18 Å². The predicted octanol–water partition coefficient (Wildman–Crippen LogP) is 3.07. The molecule has 2 unspecified atom stereocenters. The van der Waals surface area contributed by atoms with Crippen LogP contribution in [0.4, 0.5) is 13.2 Å². The van der Waals surface area contributed by atoms with Crippen molar-refractivity contribution in [2.45, 2.75) is 38.1 Å². The van der Waals surface area contributed by atoms with Crippen molar-refractivity contribution in [3.05, 3.63) is 35.4 Å². The Kier molecular flexibility index (Phi) is 7.99. The second-order valence-electron chi connectivity index (χ2n) is 5.54. The van der Waals surface area contributed by atoms with E-state index in [4.69, 9.17) is 4.74 Å². The molecule has 0 spiro atoms. The van der Waals surface area contributed by atoms with Crippen LogP contribution in [0.3, 0.4) is 0 Å². The van der Waals surface area contributed by atoms with Crippen LogP contribution in [0.1, 0.15) is 36.9 Å². The minimum absolute atomic E-state index is 0. The predicted molar refractivity (Wildman–Crippen MR) is 87.1 cm³/mol. The third kappa shape index (κ3) is 5.65. The van der Waals surface area contributed by atoms with E-state index < -0.39 is 23.9 Å². The molecule has 24 heavy (non-hydrogen) atoms. The molecular formula is C16H22ClF3N2O2. The monoisotopic (exact) mass is 366 g/mol. The van der Waals surface area contributed by atoms with Crippen molar-refractivity contribution in [3.8, 4) is 0 Å².